The monoisotopic (exact) mass is 419 g/mol. The Kier molecular flexibility index (Phi) is 5.94. The van der Waals surface area contributed by atoms with Gasteiger partial charge in [0.2, 0.25) is 5.91 Å². The normalized spacial score (nSPS) is 11.7. The Morgan fingerprint density at radius 1 is 0.935 bits per heavy atom. The number of anilines is 1. The number of benzene rings is 1. The first-order valence-corrected chi connectivity index (χ1v) is 10.1. The van der Waals surface area contributed by atoms with Gasteiger partial charge in [0, 0.05) is 48.8 Å². The van der Waals surface area contributed by atoms with Crippen molar-refractivity contribution in [2.24, 2.45) is 5.92 Å². The Morgan fingerprint density at radius 2 is 1.45 bits per heavy atom. The number of hydrogen-bond donors (Lipinski definition) is 1. The van der Waals surface area contributed by atoms with Crippen molar-refractivity contribution in [1.82, 2.24) is 29.3 Å². The zero-order valence-electron chi connectivity index (χ0n) is 17.5. The molecule has 31 heavy (non-hydrogen) atoms. The summed E-state index contributed by atoms with van der Waals surface area (Å²) < 4.78 is 11.5. The molecule has 1 N–H and O–H groups in total. The van der Waals surface area contributed by atoms with Crippen LogP contribution in [0.4, 0.5) is 5.69 Å². The lowest BCUT2D eigenvalue weighted by Gasteiger charge is -2.34. The second-order valence-corrected chi connectivity index (χ2v) is 7.46. The van der Waals surface area contributed by atoms with Gasteiger partial charge in [-0.15, -0.1) is 0 Å². The molecule has 1 aromatic carbocycles. The van der Waals surface area contributed by atoms with E-state index in [1.807, 2.05) is 74.9 Å². The number of carbonyl (C=O) groups is 1. The number of rotatable bonds is 9. The highest BCUT2D eigenvalue weighted by Gasteiger charge is 2.39. The third-order valence-corrected chi connectivity index (χ3v) is 4.92. The molecule has 4 aromatic rings. The summed E-state index contributed by atoms with van der Waals surface area (Å²) in [6, 6.07) is 13.2. The molecule has 0 saturated carbocycles. The van der Waals surface area contributed by atoms with Gasteiger partial charge in [0.1, 0.15) is 6.61 Å². The second-order valence-electron chi connectivity index (χ2n) is 7.46. The Balaban J connectivity index is 1.52. The first-order valence-electron chi connectivity index (χ1n) is 10.1. The number of nitrogens with zero attached hydrogens (tertiary/aromatic N) is 6. The van der Waals surface area contributed by atoms with Crippen LogP contribution in [0.3, 0.4) is 0 Å². The molecule has 0 unspecified atom stereocenters. The maximum atomic E-state index is 11.9. The summed E-state index contributed by atoms with van der Waals surface area (Å²) in [6.07, 6.45) is 10.7. The zero-order chi connectivity index (χ0) is 21.7. The van der Waals surface area contributed by atoms with Crippen LogP contribution in [0.15, 0.2) is 79.6 Å². The average Bonchev–Trinajstić information content (AvgIpc) is 3.56. The van der Waals surface area contributed by atoms with Crippen molar-refractivity contribution in [2.45, 2.75) is 26.2 Å². The van der Waals surface area contributed by atoms with E-state index in [-0.39, 0.29) is 18.4 Å². The van der Waals surface area contributed by atoms with Crippen LogP contribution in [0.2, 0.25) is 0 Å². The lowest BCUT2D eigenvalue weighted by Crippen LogP contribution is -2.52. The largest absolute Gasteiger partial charge is 0.370 e. The highest BCUT2D eigenvalue weighted by molar-refractivity contribution is 5.92. The van der Waals surface area contributed by atoms with Crippen LogP contribution < -0.4 is 5.32 Å². The minimum atomic E-state index is -0.929. The lowest BCUT2D eigenvalue weighted by atomic mass is 10.2. The van der Waals surface area contributed by atoms with Gasteiger partial charge >= 0.3 is 0 Å². The first-order chi connectivity index (χ1) is 15.1. The first kappa shape index (κ1) is 20.5. The summed E-state index contributed by atoms with van der Waals surface area (Å²) in [4.78, 5) is 11.9. The standard InChI is InChI=1S/C22H25N7O2/c1-18(2)21(30)26-20-8-6-19(7-9-20)16-31-17-22(27-13-3-10-23-27,28-14-4-11-24-28)29-15-5-12-25-29/h3-15,18H,16-17H2,1-2H3,(H,26,30). The van der Waals surface area contributed by atoms with E-state index in [0.717, 1.165) is 11.3 Å². The molecule has 3 aromatic heterocycles. The molecule has 0 atom stereocenters. The van der Waals surface area contributed by atoms with E-state index >= 15 is 0 Å². The van der Waals surface area contributed by atoms with E-state index in [1.165, 1.54) is 0 Å². The predicted molar refractivity (Wildman–Crippen MR) is 115 cm³/mol. The summed E-state index contributed by atoms with van der Waals surface area (Å²) in [7, 11) is 0. The highest BCUT2D eigenvalue weighted by atomic mass is 16.5. The molecule has 0 aliphatic heterocycles. The summed E-state index contributed by atoms with van der Waals surface area (Å²) in [6.45, 7) is 4.35. The minimum Gasteiger partial charge on any atom is -0.370 e. The van der Waals surface area contributed by atoms with Crippen LogP contribution in [-0.4, -0.2) is 41.9 Å². The summed E-state index contributed by atoms with van der Waals surface area (Å²) in [5, 5.41) is 16.3. The summed E-state index contributed by atoms with van der Waals surface area (Å²) in [5.41, 5.74) is 1.75. The van der Waals surface area contributed by atoms with Crippen LogP contribution in [0.1, 0.15) is 19.4 Å². The maximum Gasteiger partial charge on any atom is 0.273 e. The Labute approximate surface area is 180 Å². The Morgan fingerprint density at radius 3 is 1.87 bits per heavy atom. The average molecular weight is 419 g/mol. The van der Waals surface area contributed by atoms with Gasteiger partial charge in [-0.2, -0.15) is 15.3 Å². The SMILES string of the molecule is CC(C)C(=O)Nc1ccc(COCC(n2cccn2)(n2cccn2)n2cccn2)cc1. The van der Waals surface area contributed by atoms with E-state index in [0.29, 0.717) is 6.61 Å². The molecular formula is C22H25N7O2. The number of aromatic nitrogens is 6. The molecule has 9 heteroatoms. The second kappa shape index (κ2) is 8.97. The number of ether oxygens (including phenoxy) is 1. The van der Waals surface area contributed by atoms with Crippen LogP contribution in [0.5, 0.6) is 0 Å². The van der Waals surface area contributed by atoms with Gasteiger partial charge in [0.15, 0.2) is 0 Å². The number of hydrogen-bond acceptors (Lipinski definition) is 5. The fourth-order valence-electron chi connectivity index (χ4n) is 3.23. The molecule has 4 rings (SSSR count). The van der Waals surface area contributed by atoms with Gasteiger partial charge in [-0.1, -0.05) is 26.0 Å². The van der Waals surface area contributed by atoms with Crippen molar-refractivity contribution in [2.75, 3.05) is 11.9 Å². The number of nitrogens with one attached hydrogen (secondary N) is 1. The Hall–Kier alpha value is -3.72. The van der Waals surface area contributed by atoms with Crippen LogP contribution in [0.25, 0.3) is 0 Å². The molecule has 160 valence electrons. The molecule has 0 bridgehead atoms. The van der Waals surface area contributed by atoms with Crippen molar-refractivity contribution >= 4 is 11.6 Å². The summed E-state index contributed by atoms with van der Waals surface area (Å²) in [5.74, 6) is -1.00. The summed E-state index contributed by atoms with van der Waals surface area (Å²) >= 11 is 0. The molecule has 3 heterocycles. The molecule has 9 nitrogen and oxygen atoms in total. The van der Waals surface area contributed by atoms with Gasteiger partial charge < -0.3 is 10.1 Å². The van der Waals surface area contributed by atoms with Gasteiger partial charge in [-0.05, 0) is 35.9 Å². The van der Waals surface area contributed by atoms with E-state index in [1.54, 1.807) is 32.6 Å². The van der Waals surface area contributed by atoms with Gasteiger partial charge in [-0.25, -0.2) is 14.0 Å². The van der Waals surface area contributed by atoms with E-state index in [4.69, 9.17) is 4.74 Å². The number of carbonyl (C=O) groups excluding carboxylic acids is 1. The van der Waals surface area contributed by atoms with Crippen molar-refractivity contribution in [3.63, 3.8) is 0 Å². The third-order valence-electron chi connectivity index (χ3n) is 4.92. The molecular weight excluding hydrogens is 394 g/mol. The highest BCUT2D eigenvalue weighted by Crippen LogP contribution is 2.22. The van der Waals surface area contributed by atoms with Gasteiger partial charge in [-0.3, -0.25) is 4.79 Å². The topological polar surface area (TPSA) is 91.8 Å². The quantitative estimate of drug-likeness (QED) is 0.450. The lowest BCUT2D eigenvalue weighted by molar-refractivity contribution is -0.118. The van der Waals surface area contributed by atoms with Crippen molar-refractivity contribution in [3.8, 4) is 0 Å². The molecule has 0 spiro atoms. The minimum absolute atomic E-state index is 0.00792. The van der Waals surface area contributed by atoms with Crippen molar-refractivity contribution < 1.29 is 9.53 Å². The maximum absolute atomic E-state index is 11.9. The fraction of sp³-hybridized carbons (Fsp3) is 0.273. The fourth-order valence-corrected chi connectivity index (χ4v) is 3.23. The molecule has 0 radical (unpaired) electrons. The van der Waals surface area contributed by atoms with Crippen LogP contribution in [0, 0.1) is 5.92 Å². The van der Waals surface area contributed by atoms with Crippen LogP contribution >= 0.6 is 0 Å². The Bertz CT molecular complexity index is 986. The molecule has 0 aliphatic rings. The molecule has 1 amide bonds. The van der Waals surface area contributed by atoms with Gasteiger partial charge in [0.25, 0.3) is 5.79 Å². The van der Waals surface area contributed by atoms with E-state index in [9.17, 15) is 4.79 Å². The molecule has 0 saturated heterocycles. The predicted octanol–water partition coefficient (Wildman–Crippen LogP) is 2.79. The van der Waals surface area contributed by atoms with Gasteiger partial charge in [0.05, 0.1) is 6.61 Å². The number of amides is 1. The molecule has 0 fully saturated rings. The molecule has 0 aliphatic carbocycles. The van der Waals surface area contributed by atoms with Crippen LogP contribution in [-0.2, 0) is 21.9 Å². The third kappa shape index (κ3) is 4.26. The van der Waals surface area contributed by atoms with Crippen molar-refractivity contribution in [1.29, 1.82) is 0 Å². The zero-order valence-corrected chi connectivity index (χ0v) is 17.5. The van der Waals surface area contributed by atoms with E-state index in [2.05, 4.69) is 20.6 Å². The van der Waals surface area contributed by atoms with E-state index < -0.39 is 5.79 Å². The van der Waals surface area contributed by atoms with Crippen molar-refractivity contribution in [3.05, 3.63) is 85.2 Å². The smallest absolute Gasteiger partial charge is 0.273 e.